The van der Waals surface area contributed by atoms with Gasteiger partial charge in [-0.1, -0.05) is 6.07 Å². The Bertz CT molecular complexity index is 618. The lowest BCUT2D eigenvalue weighted by Crippen LogP contribution is -2.33. The molecule has 88 valence electrons. The molecule has 0 spiro atoms. The number of fused-ring (bicyclic) bond motifs is 1. The molecule has 1 aromatic carbocycles. The first-order chi connectivity index (χ1) is 8.25. The fraction of sp³-hybridized carbons (Fsp3) is 0.100. The van der Waals surface area contributed by atoms with Crippen molar-refractivity contribution in [3.8, 4) is 0 Å². The maximum atomic E-state index is 11.9. The summed E-state index contributed by atoms with van der Waals surface area (Å²) in [6.07, 6.45) is -0.327. The Morgan fingerprint density at radius 1 is 1.24 bits per heavy atom. The molecule has 7 nitrogen and oxygen atoms in total. The molecule has 7 heteroatoms. The van der Waals surface area contributed by atoms with Gasteiger partial charge >= 0.3 is 0 Å². The molecule has 0 saturated carbocycles. The number of hydrazine groups is 3. The van der Waals surface area contributed by atoms with Gasteiger partial charge in [0.1, 0.15) is 11.9 Å². The van der Waals surface area contributed by atoms with Gasteiger partial charge in [0, 0.05) is 6.07 Å². The second-order valence-corrected chi connectivity index (χ2v) is 3.71. The largest absolute Gasteiger partial charge is 0.455 e. The molecule has 3 rings (SSSR count). The second kappa shape index (κ2) is 3.82. The summed E-state index contributed by atoms with van der Waals surface area (Å²) in [6.45, 7) is 0. The molecule has 1 aliphatic heterocycles. The predicted molar refractivity (Wildman–Crippen MR) is 62.2 cm³/mol. The molecule has 1 fully saturated rings. The molecule has 2 aromatic rings. The van der Waals surface area contributed by atoms with E-state index in [2.05, 4.69) is 21.9 Å². The number of nitrogens with two attached hydrogens (primary N) is 1. The smallest absolute Gasteiger partial charge is 0.193 e. The van der Waals surface area contributed by atoms with E-state index < -0.39 is 0 Å². The zero-order valence-electron chi connectivity index (χ0n) is 8.78. The van der Waals surface area contributed by atoms with Crippen LogP contribution in [0, 0.1) is 0 Å². The molecule has 17 heavy (non-hydrogen) atoms. The van der Waals surface area contributed by atoms with E-state index in [-0.39, 0.29) is 11.6 Å². The van der Waals surface area contributed by atoms with E-state index >= 15 is 0 Å². The number of para-hydroxylation sites is 1. The van der Waals surface area contributed by atoms with E-state index in [1.54, 1.807) is 18.2 Å². The van der Waals surface area contributed by atoms with Crippen LogP contribution >= 0.6 is 0 Å². The fourth-order valence-electron chi connectivity index (χ4n) is 1.75. The van der Waals surface area contributed by atoms with Crippen LogP contribution in [0.3, 0.4) is 0 Å². The van der Waals surface area contributed by atoms with Crippen molar-refractivity contribution in [3.63, 3.8) is 0 Å². The van der Waals surface area contributed by atoms with Crippen molar-refractivity contribution < 1.29 is 4.42 Å². The minimum atomic E-state index is -0.327. The average molecular weight is 233 g/mol. The van der Waals surface area contributed by atoms with Crippen LogP contribution in [0.1, 0.15) is 11.9 Å². The number of nitrogen functional groups attached to an aromatic ring is 1. The Hall–Kier alpha value is -1.93. The van der Waals surface area contributed by atoms with Crippen molar-refractivity contribution in [1.82, 2.24) is 21.9 Å². The number of benzene rings is 1. The SMILES string of the molecule is Nc1cccc2c(=O)cc(C3NNNN3)oc12. The average Bonchev–Trinajstić information content (AvgIpc) is 2.84. The van der Waals surface area contributed by atoms with Gasteiger partial charge in [-0.05, 0) is 12.1 Å². The van der Waals surface area contributed by atoms with E-state index in [9.17, 15) is 4.79 Å². The summed E-state index contributed by atoms with van der Waals surface area (Å²) in [4.78, 5) is 11.9. The Kier molecular flexibility index (Phi) is 2.30. The molecule has 1 aromatic heterocycles. The molecule has 1 aliphatic rings. The zero-order valence-corrected chi connectivity index (χ0v) is 8.78. The van der Waals surface area contributed by atoms with Crippen LogP contribution in [0.2, 0.25) is 0 Å². The summed E-state index contributed by atoms with van der Waals surface area (Å²) in [5.74, 6) is 0.456. The highest BCUT2D eigenvalue weighted by Gasteiger charge is 2.19. The fourth-order valence-corrected chi connectivity index (χ4v) is 1.75. The molecule has 0 radical (unpaired) electrons. The van der Waals surface area contributed by atoms with Gasteiger partial charge in [0.25, 0.3) is 0 Å². The van der Waals surface area contributed by atoms with Crippen molar-refractivity contribution in [3.05, 3.63) is 40.2 Å². The van der Waals surface area contributed by atoms with E-state index in [4.69, 9.17) is 10.2 Å². The van der Waals surface area contributed by atoms with Gasteiger partial charge in [-0.15, -0.1) is 0 Å². The second-order valence-electron chi connectivity index (χ2n) is 3.71. The zero-order chi connectivity index (χ0) is 11.8. The molecule has 2 heterocycles. The molecule has 0 amide bonds. The van der Waals surface area contributed by atoms with E-state index in [1.165, 1.54) is 6.07 Å². The molecule has 0 aliphatic carbocycles. The molecule has 6 N–H and O–H groups in total. The lowest BCUT2D eigenvalue weighted by molar-refractivity contribution is 0.423. The van der Waals surface area contributed by atoms with Gasteiger partial charge in [0.15, 0.2) is 11.0 Å². The van der Waals surface area contributed by atoms with Crippen LogP contribution in [-0.4, -0.2) is 0 Å². The van der Waals surface area contributed by atoms with E-state index in [0.717, 1.165) is 0 Å². The van der Waals surface area contributed by atoms with Crippen molar-refractivity contribution in [2.75, 3.05) is 5.73 Å². The Morgan fingerprint density at radius 2 is 2.00 bits per heavy atom. The van der Waals surface area contributed by atoms with E-state index in [0.29, 0.717) is 22.4 Å². The van der Waals surface area contributed by atoms with Gasteiger partial charge in [-0.2, -0.15) is 11.1 Å². The van der Waals surface area contributed by atoms with Crippen molar-refractivity contribution >= 4 is 16.7 Å². The van der Waals surface area contributed by atoms with Gasteiger partial charge < -0.3 is 10.2 Å². The summed E-state index contributed by atoms with van der Waals surface area (Å²) >= 11 is 0. The first-order valence-electron chi connectivity index (χ1n) is 5.09. The van der Waals surface area contributed by atoms with Crippen molar-refractivity contribution in [1.29, 1.82) is 0 Å². The van der Waals surface area contributed by atoms with E-state index in [1.807, 2.05) is 0 Å². The van der Waals surface area contributed by atoms with Crippen LogP contribution in [0.4, 0.5) is 5.69 Å². The van der Waals surface area contributed by atoms with Crippen LogP contribution < -0.4 is 33.1 Å². The van der Waals surface area contributed by atoms with Gasteiger partial charge in [0.05, 0.1) is 11.1 Å². The Labute approximate surface area is 95.9 Å². The minimum Gasteiger partial charge on any atom is -0.455 e. The van der Waals surface area contributed by atoms with Gasteiger partial charge in [-0.25, -0.2) is 10.9 Å². The van der Waals surface area contributed by atoms with Crippen LogP contribution in [0.5, 0.6) is 0 Å². The first-order valence-corrected chi connectivity index (χ1v) is 5.09. The molecule has 0 unspecified atom stereocenters. The standard InChI is InChI=1S/C10H11N5O2/c11-6-3-1-2-5-7(16)4-8(17-9(5)6)10-12-14-15-13-10/h1-4,10,12-15H,11H2. The minimum absolute atomic E-state index is 0.121. The first kappa shape index (κ1) is 10.2. The maximum absolute atomic E-state index is 11.9. The Balaban J connectivity index is 2.22. The lowest BCUT2D eigenvalue weighted by atomic mass is 10.2. The highest BCUT2D eigenvalue weighted by Crippen LogP contribution is 2.21. The molecular weight excluding hydrogens is 222 g/mol. The maximum Gasteiger partial charge on any atom is 0.193 e. The summed E-state index contributed by atoms with van der Waals surface area (Å²) in [7, 11) is 0. The summed E-state index contributed by atoms with van der Waals surface area (Å²) in [6, 6.07) is 6.54. The normalized spacial score (nSPS) is 16.7. The van der Waals surface area contributed by atoms with Crippen molar-refractivity contribution in [2.45, 2.75) is 6.17 Å². The van der Waals surface area contributed by atoms with Gasteiger partial charge in [0.2, 0.25) is 0 Å². The number of hydrogen-bond acceptors (Lipinski definition) is 7. The molecular formula is C10H11N5O2. The lowest BCUT2D eigenvalue weighted by Gasteiger charge is -2.09. The topological polar surface area (TPSA) is 104 Å². The third-order valence-electron chi connectivity index (χ3n) is 2.58. The molecule has 1 saturated heterocycles. The predicted octanol–water partition coefficient (Wildman–Crippen LogP) is -0.509. The monoisotopic (exact) mass is 233 g/mol. The van der Waals surface area contributed by atoms with Gasteiger partial charge in [-0.3, -0.25) is 4.79 Å². The number of rotatable bonds is 1. The van der Waals surface area contributed by atoms with Crippen LogP contribution in [0.15, 0.2) is 33.5 Å². The van der Waals surface area contributed by atoms with Crippen LogP contribution in [0.25, 0.3) is 11.0 Å². The molecule has 0 atom stereocenters. The van der Waals surface area contributed by atoms with Crippen molar-refractivity contribution in [2.24, 2.45) is 0 Å². The number of hydrogen-bond donors (Lipinski definition) is 5. The summed E-state index contributed by atoms with van der Waals surface area (Å²) < 4.78 is 5.63. The third-order valence-corrected chi connectivity index (χ3v) is 2.58. The highest BCUT2D eigenvalue weighted by molar-refractivity contribution is 5.87. The number of anilines is 1. The summed E-state index contributed by atoms with van der Waals surface area (Å²) in [5.41, 5.74) is 17.5. The molecule has 0 bridgehead atoms. The highest BCUT2D eigenvalue weighted by atomic mass is 16.3. The summed E-state index contributed by atoms with van der Waals surface area (Å²) in [5, 5.41) is 0.479. The quantitative estimate of drug-likeness (QED) is 0.422. The van der Waals surface area contributed by atoms with Crippen LogP contribution in [-0.2, 0) is 0 Å². The third kappa shape index (κ3) is 1.67. The Morgan fingerprint density at radius 3 is 2.76 bits per heavy atom. The number of nitrogens with one attached hydrogen (secondary N) is 4.